The van der Waals surface area contributed by atoms with Gasteiger partial charge in [-0.15, -0.1) is 0 Å². The van der Waals surface area contributed by atoms with Gasteiger partial charge < -0.3 is 4.90 Å². The molecule has 0 N–H and O–H groups in total. The smallest absolute Gasteiger partial charge is 0.0728 e. The maximum atomic E-state index is 2.49. The van der Waals surface area contributed by atoms with Crippen LogP contribution in [0.4, 0.5) is 11.4 Å². The van der Waals surface area contributed by atoms with E-state index < -0.39 is 0 Å². The lowest BCUT2D eigenvalue weighted by molar-refractivity contribution is 0.317. The lowest BCUT2D eigenvalue weighted by atomic mass is 9.69. The average Bonchev–Trinajstić information content (AvgIpc) is 3.53. The molecule has 44 heavy (non-hydrogen) atoms. The number of anilines is 2. The number of para-hydroxylation sites is 1. The molecular weight excluding hydrogens is 532 g/mol. The normalized spacial score (nSPS) is 14.6. The molecule has 0 bridgehead atoms. The summed E-state index contributed by atoms with van der Waals surface area (Å²) in [4.78, 5) is 4.82. The van der Waals surface area contributed by atoms with Crippen LogP contribution in [0.2, 0.25) is 0 Å². The van der Waals surface area contributed by atoms with Gasteiger partial charge in [0.2, 0.25) is 0 Å². The lowest BCUT2D eigenvalue weighted by Crippen LogP contribution is -2.29. The molecule has 212 valence electrons. The summed E-state index contributed by atoms with van der Waals surface area (Å²) in [5, 5.41) is 0. The molecule has 2 aliphatic carbocycles. The van der Waals surface area contributed by atoms with E-state index in [1.807, 2.05) is 0 Å². The van der Waals surface area contributed by atoms with Crippen LogP contribution in [-0.4, -0.2) is 19.0 Å². The SMILES string of the molecule is CN(Cc1ccc2c(c1)Cc1ccccc1N2C)Cc1cccc2c1C1(c3ccccc3-c3ccccc31)c1ccccc1-2. The van der Waals surface area contributed by atoms with Crippen molar-refractivity contribution in [2.75, 3.05) is 19.0 Å². The number of hydrogen-bond donors (Lipinski definition) is 0. The van der Waals surface area contributed by atoms with E-state index in [0.717, 1.165) is 19.5 Å². The minimum Gasteiger partial charge on any atom is -0.344 e. The zero-order valence-corrected chi connectivity index (χ0v) is 25.2. The highest BCUT2D eigenvalue weighted by molar-refractivity contribution is 5.95. The van der Waals surface area contributed by atoms with Crippen LogP contribution >= 0.6 is 0 Å². The van der Waals surface area contributed by atoms with E-state index in [1.54, 1.807) is 0 Å². The summed E-state index contributed by atoms with van der Waals surface area (Å²) in [6.07, 6.45) is 0.985. The molecule has 2 heteroatoms. The third kappa shape index (κ3) is 3.46. The van der Waals surface area contributed by atoms with Gasteiger partial charge in [0.1, 0.15) is 0 Å². The molecule has 0 radical (unpaired) electrons. The zero-order chi connectivity index (χ0) is 29.4. The Kier molecular flexibility index (Phi) is 5.54. The molecule has 9 rings (SSSR count). The molecular formula is C42H34N2. The molecule has 1 aliphatic heterocycles. The van der Waals surface area contributed by atoms with Crippen LogP contribution in [-0.2, 0) is 24.9 Å². The van der Waals surface area contributed by atoms with E-state index in [1.165, 1.54) is 78.1 Å². The third-order valence-corrected chi connectivity index (χ3v) is 10.2. The first kappa shape index (κ1) is 25.6. The monoisotopic (exact) mass is 566 g/mol. The highest BCUT2D eigenvalue weighted by atomic mass is 15.1. The molecule has 0 fully saturated rings. The van der Waals surface area contributed by atoms with Gasteiger partial charge in [0.15, 0.2) is 0 Å². The number of nitrogens with zero attached hydrogens (tertiary/aromatic N) is 2. The summed E-state index contributed by atoms with van der Waals surface area (Å²) in [5.74, 6) is 0. The second-order valence-electron chi connectivity index (χ2n) is 12.7. The predicted molar refractivity (Wildman–Crippen MR) is 182 cm³/mol. The zero-order valence-electron chi connectivity index (χ0n) is 25.2. The number of hydrogen-bond acceptors (Lipinski definition) is 2. The molecule has 0 atom stereocenters. The highest BCUT2D eigenvalue weighted by Gasteiger charge is 2.52. The fourth-order valence-corrected chi connectivity index (χ4v) is 8.56. The highest BCUT2D eigenvalue weighted by Crippen LogP contribution is 2.63. The molecule has 0 saturated heterocycles. The van der Waals surface area contributed by atoms with Crippen molar-refractivity contribution >= 4 is 11.4 Å². The predicted octanol–water partition coefficient (Wildman–Crippen LogP) is 9.33. The standard InChI is InChI=1S/C42H34N2/c1-43(26-28-22-23-40-31(24-28)25-29-12-3-10-21-39(29)44(40)2)27-30-13-11-17-35-34-16-6-9-20-38(34)42(41(30)35)36-18-7-4-14-32(36)33-15-5-8-19-37(33)42/h3-24H,25-27H2,1-2H3. The first-order chi connectivity index (χ1) is 21.6. The second kappa shape index (κ2) is 9.54. The van der Waals surface area contributed by atoms with Gasteiger partial charge in [0.05, 0.1) is 5.41 Å². The quantitative estimate of drug-likeness (QED) is 0.209. The Labute approximate surface area is 259 Å². The van der Waals surface area contributed by atoms with Crippen LogP contribution in [0.3, 0.4) is 0 Å². The maximum Gasteiger partial charge on any atom is 0.0728 e. The van der Waals surface area contributed by atoms with Crippen LogP contribution in [0.1, 0.15) is 44.5 Å². The van der Waals surface area contributed by atoms with Gasteiger partial charge in [-0.2, -0.15) is 0 Å². The van der Waals surface area contributed by atoms with Crippen molar-refractivity contribution in [1.82, 2.24) is 4.90 Å². The van der Waals surface area contributed by atoms with Gasteiger partial charge in [-0.25, -0.2) is 0 Å². The van der Waals surface area contributed by atoms with Crippen LogP contribution < -0.4 is 4.90 Å². The molecule has 0 aromatic heterocycles. The van der Waals surface area contributed by atoms with Gasteiger partial charge in [-0.1, -0.05) is 121 Å². The van der Waals surface area contributed by atoms with E-state index in [9.17, 15) is 0 Å². The number of benzene rings is 6. The average molecular weight is 567 g/mol. The Morgan fingerprint density at radius 1 is 0.568 bits per heavy atom. The van der Waals surface area contributed by atoms with Crippen LogP contribution in [0.15, 0.2) is 133 Å². The van der Waals surface area contributed by atoms with E-state index in [0.29, 0.717) is 0 Å². The Balaban J connectivity index is 1.12. The van der Waals surface area contributed by atoms with E-state index in [-0.39, 0.29) is 5.41 Å². The van der Waals surface area contributed by atoms with Gasteiger partial charge in [-0.05, 0) is 85.9 Å². The third-order valence-electron chi connectivity index (χ3n) is 10.2. The molecule has 0 unspecified atom stereocenters. The van der Waals surface area contributed by atoms with E-state index in [2.05, 4.69) is 157 Å². The van der Waals surface area contributed by atoms with Crippen molar-refractivity contribution in [3.8, 4) is 22.3 Å². The van der Waals surface area contributed by atoms with Crippen LogP contribution in [0.5, 0.6) is 0 Å². The lowest BCUT2D eigenvalue weighted by Gasteiger charge is -2.33. The van der Waals surface area contributed by atoms with Gasteiger partial charge in [-0.3, -0.25) is 4.90 Å². The van der Waals surface area contributed by atoms with Crippen LogP contribution in [0, 0.1) is 0 Å². The first-order valence-corrected chi connectivity index (χ1v) is 15.7. The summed E-state index contributed by atoms with van der Waals surface area (Å²) in [7, 11) is 4.46. The molecule has 0 saturated carbocycles. The van der Waals surface area contributed by atoms with Gasteiger partial charge in [0.25, 0.3) is 0 Å². The summed E-state index contributed by atoms with van der Waals surface area (Å²) < 4.78 is 0. The van der Waals surface area contributed by atoms with Crippen molar-refractivity contribution < 1.29 is 0 Å². The van der Waals surface area contributed by atoms with Crippen molar-refractivity contribution in [3.63, 3.8) is 0 Å². The summed E-state index contributed by atoms with van der Waals surface area (Å²) >= 11 is 0. The molecule has 6 aromatic carbocycles. The summed E-state index contributed by atoms with van der Waals surface area (Å²) in [6, 6.07) is 50.0. The number of rotatable bonds is 4. The second-order valence-corrected chi connectivity index (χ2v) is 12.7. The fraction of sp³-hybridized carbons (Fsp3) is 0.143. The van der Waals surface area contributed by atoms with Gasteiger partial charge >= 0.3 is 0 Å². The maximum absolute atomic E-state index is 2.49. The van der Waals surface area contributed by atoms with Crippen molar-refractivity contribution in [2.24, 2.45) is 0 Å². The Morgan fingerprint density at radius 2 is 1.14 bits per heavy atom. The molecule has 2 nitrogen and oxygen atoms in total. The number of fused-ring (bicyclic) bond motifs is 12. The topological polar surface area (TPSA) is 6.48 Å². The first-order valence-electron chi connectivity index (χ1n) is 15.7. The Morgan fingerprint density at radius 3 is 1.84 bits per heavy atom. The Bertz CT molecular complexity index is 2040. The minimum absolute atomic E-state index is 0.305. The molecule has 3 aliphatic rings. The molecule has 1 spiro atoms. The summed E-state index contributed by atoms with van der Waals surface area (Å²) in [5.41, 5.74) is 19.0. The Hall–Kier alpha value is -4.92. The van der Waals surface area contributed by atoms with Crippen molar-refractivity contribution in [1.29, 1.82) is 0 Å². The van der Waals surface area contributed by atoms with E-state index in [4.69, 9.17) is 0 Å². The molecule has 0 amide bonds. The molecule has 6 aromatic rings. The van der Waals surface area contributed by atoms with Gasteiger partial charge in [0, 0.05) is 37.9 Å². The summed E-state index contributed by atoms with van der Waals surface area (Å²) in [6.45, 7) is 1.78. The molecule has 1 heterocycles. The largest absolute Gasteiger partial charge is 0.344 e. The minimum atomic E-state index is -0.305. The van der Waals surface area contributed by atoms with E-state index >= 15 is 0 Å². The van der Waals surface area contributed by atoms with Crippen molar-refractivity contribution in [3.05, 3.63) is 178 Å². The fourth-order valence-electron chi connectivity index (χ4n) is 8.56. The van der Waals surface area contributed by atoms with Crippen LogP contribution in [0.25, 0.3) is 22.3 Å². The van der Waals surface area contributed by atoms with Crippen molar-refractivity contribution in [2.45, 2.75) is 24.9 Å².